The quantitative estimate of drug-likeness (QED) is 0.271. The number of nitrogens with one attached hydrogen (secondary N) is 2. The average molecular weight is 497 g/mol. The molecule has 1 aliphatic carbocycles. The number of rotatable bonds is 10. The van der Waals surface area contributed by atoms with Crippen LogP contribution in [0, 0.1) is 11.8 Å². The summed E-state index contributed by atoms with van der Waals surface area (Å²) in [4.78, 5) is 41.2. The van der Waals surface area contributed by atoms with Gasteiger partial charge in [-0.3, -0.25) is 14.4 Å². The number of nitrogens with zero attached hydrogens (tertiary/aromatic N) is 2. The summed E-state index contributed by atoms with van der Waals surface area (Å²) in [5.41, 5.74) is 2.47. The topological polar surface area (TPSA) is 109 Å². The van der Waals surface area contributed by atoms with Crippen LogP contribution in [0.5, 0.6) is 0 Å². The first kappa shape index (κ1) is 26.9. The first-order chi connectivity index (χ1) is 16.5. The number of methoxy groups -OCH3 is 1. The molecule has 2 heterocycles. The number of amidine groups is 1. The van der Waals surface area contributed by atoms with Crippen molar-refractivity contribution in [1.82, 2.24) is 15.6 Å². The molecule has 10 heteroatoms. The molecular weight excluding hydrogens is 456 g/mol. The van der Waals surface area contributed by atoms with Gasteiger partial charge in [0, 0.05) is 44.6 Å². The van der Waals surface area contributed by atoms with Gasteiger partial charge in [-0.2, -0.15) is 0 Å². The molecule has 0 aromatic heterocycles. The molecule has 34 heavy (non-hydrogen) atoms. The van der Waals surface area contributed by atoms with E-state index in [4.69, 9.17) is 9.47 Å². The van der Waals surface area contributed by atoms with E-state index in [1.165, 1.54) is 0 Å². The average Bonchev–Trinajstić information content (AvgIpc) is 3.05. The Morgan fingerprint density at radius 2 is 1.85 bits per heavy atom. The van der Waals surface area contributed by atoms with Crippen molar-refractivity contribution in [2.75, 3.05) is 39.2 Å². The fourth-order valence-electron chi connectivity index (χ4n) is 4.96. The van der Waals surface area contributed by atoms with Gasteiger partial charge < -0.3 is 19.7 Å². The zero-order valence-electron chi connectivity index (χ0n) is 20.6. The largest absolute Gasteiger partial charge is 0.383 e. The van der Waals surface area contributed by atoms with Gasteiger partial charge in [0.15, 0.2) is 5.17 Å². The van der Waals surface area contributed by atoms with Gasteiger partial charge in [-0.1, -0.05) is 44.4 Å². The number of hydrogen-bond acceptors (Lipinski definition) is 7. The van der Waals surface area contributed by atoms with Crippen molar-refractivity contribution < 1.29 is 23.9 Å². The van der Waals surface area contributed by atoms with Crippen molar-refractivity contribution in [1.29, 1.82) is 0 Å². The summed E-state index contributed by atoms with van der Waals surface area (Å²) >= 11 is 1.56. The lowest BCUT2D eigenvalue weighted by molar-refractivity contribution is -0.142. The van der Waals surface area contributed by atoms with Gasteiger partial charge in [0.1, 0.15) is 6.04 Å². The van der Waals surface area contributed by atoms with E-state index in [1.54, 1.807) is 18.9 Å². The molecule has 192 valence electrons. The van der Waals surface area contributed by atoms with Crippen LogP contribution in [0.3, 0.4) is 0 Å². The van der Waals surface area contributed by atoms with E-state index in [2.05, 4.69) is 27.7 Å². The number of hydrogen-bond donors (Lipinski definition) is 2. The molecule has 2 aliphatic heterocycles. The molecule has 2 atom stereocenters. The fourth-order valence-corrected chi connectivity index (χ4v) is 6.23. The van der Waals surface area contributed by atoms with Crippen LogP contribution in [0.15, 0.2) is 5.10 Å². The fraction of sp³-hybridized carbons (Fsp3) is 0.833. The molecular formula is C24H40N4O5S. The van der Waals surface area contributed by atoms with E-state index in [0.29, 0.717) is 50.4 Å². The second-order valence-corrected chi connectivity index (χ2v) is 10.4. The molecule has 3 aliphatic rings. The van der Waals surface area contributed by atoms with Crippen molar-refractivity contribution in [2.24, 2.45) is 16.9 Å². The Hall–Kier alpha value is -1.65. The molecule has 9 nitrogen and oxygen atoms in total. The predicted octanol–water partition coefficient (Wildman–Crippen LogP) is 2.30. The minimum atomic E-state index is -0.843. The zero-order chi connectivity index (χ0) is 24.3. The van der Waals surface area contributed by atoms with Crippen LogP contribution in [-0.4, -0.2) is 79.0 Å². The molecule has 2 N–H and O–H groups in total. The van der Waals surface area contributed by atoms with Gasteiger partial charge in [-0.05, 0) is 38.0 Å². The Kier molecular flexibility index (Phi) is 11.1. The number of Topliss-reactive ketones (excluding diaryl/α,β-unsaturated/α-hetero) is 1. The lowest BCUT2D eigenvalue weighted by Gasteiger charge is -2.30. The minimum Gasteiger partial charge on any atom is -0.383 e. The summed E-state index contributed by atoms with van der Waals surface area (Å²) < 4.78 is 10.6. The highest BCUT2D eigenvalue weighted by atomic mass is 32.2. The Morgan fingerprint density at radius 1 is 1.15 bits per heavy atom. The first-order valence-corrected chi connectivity index (χ1v) is 13.7. The predicted molar refractivity (Wildman–Crippen MR) is 132 cm³/mol. The van der Waals surface area contributed by atoms with Gasteiger partial charge >= 0.3 is 5.91 Å². The maximum absolute atomic E-state index is 13.2. The number of thioether (sulfide) groups is 1. The van der Waals surface area contributed by atoms with Gasteiger partial charge in [0.2, 0.25) is 11.7 Å². The Balaban J connectivity index is 1.66. The SMILES string of the molecule is CC[C@@H]1CS/C(=N\NC(=O)C(=O)[C@H](NC(=O)C2CCCCCC2)C2CCOCC2)N1CCOC. The third-order valence-electron chi connectivity index (χ3n) is 7.12. The number of ketones is 1. The molecule has 0 bridgehead atoms. The van der Waals surface area contributed by atoms with Gasteiger partial charge in [-0.15, -0.1) is 5.10 Å². The molecule has 2 saturated heterocycles. The van der Waals surface area contributed by atoms with Crippen LogP contribution in [0.4, 0.5) is 0 Å². The van der Waals surface area contributed by atoms with Crippen molar-refractivity contribution in [3.63, 3.8) is 0 Å². The zero-order valence-corrected chi connectivity index (χ0v) is 21.4. The molecule has 0 aromatic carbocycles. The van der Waals surface area contributed by atoms with E-state index in [1.807, 2.05) is 0 Å². The van der Waals surface area contributed by atoms with Gasteiger partial charge in [0.05, 0.1) is 6.61 Å². The summed E-state index contributed by atoms with van der Waals surface area (Å²) in [6.07, 6.45) is 8.27. The van der Waals surface area contributed by atoms with Crippen molar-refractivity contribution >= 4 is 34.5 Å². The molecule has 2 amide bonds. The Morgan fingerprint density at radius 3 is 2.50 bits per heavy atom. The maximum atomic E-state index is 13.2. The molecule has 0 unspecified atom stereocenters. The van der Waals surface area contributed by atoms with E-state index in [-0.39, 0.29) is 17.7 Å². The summed E-state index contributed by atoms with van der Waals surface area (Å²) in [7, 11) is 1.65. The molecule has 0 radical (unpaired) electrons. The number of carbonyl (C=O) groups is 3. The lowest BCUT2D eigenvalue weighted by atomic mass is 9.87. The highest BCUT2D eigenvalue weighted by Gasteiger charge is 2.37. The summed E-state index contributed by atoms with van der Waals surface area (Å²) in [5, 5.41) is 7.93. The standard InChI is InChI=1S/C24H40N4O5S/c1-3-19-16-34-24(28(19)12-15-32-2)27-26-23(31)21(29)20(17-10-13-33-14-11-17)25-22(30)18-8-6-4-5-7-9-18/h17-20H,3-16H2,1-2H3,(H,25,30)(H,26,31)/b27-24-/t19-,20-/m1/s1. The Bertz CT molecular complexity index is 720. The number of hydrazone groups is 1. The van der Waals surface area contributed by atoms with Crippen LogP contribution in [0.1, 0.15) is 64.7 Å². The van der Waals surface area contributed by atoms with E-state index < -0.39 is 17.7 Å². The van der Waals surface area contributed by atoms with E-state index >= 15 is 0 Å². The third kappa shape index (κ3) is 7.42. The van der Waals surface area contributed by atoms with Gasteiger partial charge in [0.25, 0.3) is 0 Å². The monoisotopic (exact) mass is 496 g/mol. The van der Waals surface area contributed by atoms with E-state index in [0.717, 1.165) is 50.7 Å². The third-order valence-corrected chi connectivity index (χ3v) is 8.25. The van der Waals surface area contributed by atoms with Crippen LogP contribution >= 0.6 is 11.8 Å². The van der Waals surface area contributed by atoms with Crippen molar-refractivity contribution in [2.45, 2.75) is 76.8 Å². The molecule has 0 aromatic rings. The van der Waals surface area contributed by atoms with Crippen molar-refractivity contribution in [3.05, 3.63) is 0 Å². The summed E-state index contributed by atoms with van der Waals surface area (Å²) in [6, 6.07) is -0.524. The second-order valence-electron chi connectivity index (χ2n) is 9.38. The highest BCUT2D eigenvalue weighted by molar-refractivity contribution is 8.14. The number of ether oxygens (including phenoxy) is 2. The van der Waals surface area contributed by atoms with Crippen LogP contribution in [0.2, 0.25) is 0 Å². The smallest absolute Gasteiger partial charge is 0.309 e. The van der Waals surface area contributed by atoms with Gasteiger partial charge in [-0.25, -0.2) is 5.43 Å². The molecule has 1 saturated carbocycles. The Labute approximate surface area is 207 Å². The van der Waals surface area contributed by atoms with Crippen LogP contribution in [0.25, 0.3) is 0 Å². The lowest BCUT2D eigenvalue weighted by Crippen LogP contribution is -2.53. The van der Waals surface area contributed by atoms with Crippen LogP contribution in [-0.2, 0) is 23.9 Å². The molecule has 0 spiro atoms. The molecule has 3 rings (SSSR count). The minimum absolute atomic E-state index is 0.0869. The summed E-state index contributed by atoms with van der Waals surface area (Å²) in [5.74, 6) is -0.831. The summed E-state index contributed by atoms with van der Waals surface area (Å²) in [6.45, 7) is 4.41. The maximum Gasteiger partial charge on any atom is 0.309 e. The van der Waals surface area contributed by atoms with Crippen molar-refractivity contribution in [3.8, 4) is 0 Å². The number of amides is 2. The van der Waals surface area contributed by atoms with Crippen LogP contribution < -0.4 is 10.7 Å². The first-order valence-electron chi connectivity index (χ1n) is 12.7. The molecule has 3 fully saturated rings. The normalized spacial score (nSPS) is 24.6. The van der Waals surface area contributed by atoms with E-state index in [9.17, 15) is 14.4 Å². The second kappa shape index (κ2) is 14.0. The highest BCUT2D eigenvalue weighted by Crippen LogP contribution is 2.26. The number of carbonyl (C=O) groups excluding carboxylic acids is 3.